The molecule has 0 atom stereocenters. The third-order valence-corrected chi connectivity index (χ3v) is 4.80. The summed E-state index contributed by atoms with van der Waals surface area (Å²) in [5.41, 5.74) is 1.18. The average Bonchev–Trinajstić information content (AvgIpc) is 3.34. The summed E-state index contributed by atoms with van der Waals surface area (Å²) in [6.07, 6.45) is 7.04. The van der Waals surface area contributed by atoms with Crippen LogP contribution >= 0.6 is 0 Å². The molecule has 0 aromatic carbocycles. The zero-order valence-corrected chi connectivity index (χ0v) is 14.2. The van der Waals surface area contributed by atoms with Gasteiger partial charge >= 0.3 is 0 Å². The third kappa shape index (κ3) is 2.60. The van der Waals surface area contributed by atoms with Crippen LogP contribution in [0.15, 0.2) is 31.0 Å². The second-order valence-corrected chi connectivity index (χ2v) is 6.37. The molecule has 0 saturated carbocycles. The zero-order valence-electron chi connectivity index (χ0n) is 14.2. The highest BCUT2D eigenvalue weighted by Crippen LogP contribution is 2.40. The minimum Gasteiger partial charge on any atom is -0.368 e. The second-order valence-electron chi connectivity index (χ2n) is 6.37. The first-order chi connectivity index (χ1) is 12.6. The minimum absolute atomic E-state index is 0.268. The quantitative estimate of drug-likeness (QED) is 0.773. The Labute approximate surface area is 149 Å². The lowest BCUT2D eigenvalue weighted by Crippen LogP contribution is -2.42. The van der Waals surface area contributed by atoms with Crippen LogP contribution in [0.1, 0.15) is 24.2 Å². The number of nitrogens with one attached hydrogen (secondary N) is 1. The van der Waals surface area contributed by atoms with Crippen LogP contribution in [-0.4, -0.2) is 43.0 Å². The Bertz CT molecular complexity index is 948. The van der Waals surface area contributed by atoms with Gasteiger partial charge in [-0.3, -0.25) is 10.1 Å². The Kier molecular flexibility index (Phi) is 3.88. The van der Waals surface area contributed by atoms with Gasteiger partial charge in [-0.25, -0.2) is 4.39 Å². The fraction of sp³-hybridized carbons (Fsp3) is 0.353. The molecule has 1 aliphatic heterocycles. The van der Waals surface area contributed by atoms with Gasteiger partial charge in [0.2, 0.25) is 0 Å². The predicted octanol–water partition coefficient (Wildman–Crippen LogP) is 1.94. The number of aromatic nitrogens is 6. The summed E-state index contributed by atoms with van der Waals surface area (Å²) in [6.45, 7) is 0.906. The number of hydrogen-bond donors (Lipinski definition) is 1. The van der Waals surface area contributed by atoms with Gasteiger partial charge in [0, 0.05) is 50.9 Å². The second kappa shape index (κ2) is 6.22. The molecule has 3 aromatic rings. The first kappa shape index (κ1) is 16.2. The van der Waals surface area contributed by atoms with Crippen molar-refractivity contribution in [1.82, 2.24) is 29.9 Å². The van der Waals surface area contributed by atoms with Crippen LogP contribution in [0.3, 0.4) is 0 Å². The van der Waals surface area contributed by atoms with Crippen LogP contribution in [0.4, 0.5) is 10.1 Å². The number of piperidine rings is 1. The average molecular weight is 352 g/mol. The Morgan fingerprint density at radius 1 is 1.35 bits per heavy atom. The van der Waals surface area contributed by atoms with Crippen LogP contribution < -0.4 is 4.90 Å². The van der Waals surface area contributed by atoms with Crippen LogP contribution in [0.5, 0.6) is 0 Å². The minimum atomic E-state index is -1.52. The van der Waals surface area contributed by atoms with Gasteiger partial charge in [0.1, 0.15) is 12.4 Å². The molecule has 0 aliphatic carbocycles. The van der Waals surface area contributed by atoms with Crippen LogP contribution in [0.25, 0.3) is 11.3 Å². The van der Waals surface area contributed by atoms with E-state index in [1.54, 1.807) is 36.3 Å². The number of aryl methyl sites for hydroxylation is 1. The molecule has 9 heteroatoms. The Morgan fingerprint density at radius 2 is 2.15 bits per heavy atom. The van der Waals surface area contributed by atoms with Gasteiger partial charge in [0.15, 0.2) is 11.5 Å². The first-order valence-corrected chi connectivity index (χ1v) is 8.29. The van der Waals surface area contributed by atoms with Crippen molar-refractivity contribution in [3.8, 4) is 17.3 Å². The van der Waals surface area contributed by atoms with Gasteiger partial charge in [0.05, 0.1) is 23.1 Å². The van der Waals surface area contributed by atoms with Crippen molar-refractivity contribution in [2.45, 2.75) is 18.5 Å². The van der Waals surface area contributed by atoms with E-state index in [4.69, 9.17) is 0 Å². The maximum Gasteiger partial charge on any atom is 0.173 e. The number of hydrogen-bond acceptors (Lipinski definition) is 6. The van der Waals surface area contributed by atoms with Crippen molar-refractivity contribution >= 4 is 5.69 Å². The van der Waals surface area contributed by atoms with E-state index in [9.17, 15) is 5.26 Å². The molecule has 4 rings (SSSR count). The maximum atomic E-state index is 15.4. The van der Waals surface area contributed by atoms with E-state index in [0.29, 0.717) is 30.2 Å². The molecule has 0 amide bonds. The molecule has 3 aromatic heterocycles. The number of halogens is 1. The highest BCUT2D eigenvalue weighted by Gasteiger charge is 2.41. The number of aromatic amines is 1. The third-order valence-electron chi connectivity index (χ3n) is 4.80. The Hall–Kier alpha value is -3.28. The molecule has 4 heterocycles. The normalized spacial score (nSPS) is 16.4. The lowest BCUT2D eigenvalue weighted by Gasteiger charge is -2.37. The first-order valence-electron chi connectivity index (χ1n) is 8.29. The van der Waals surface area contributed by atoms with E-state index in [0.717, 1.165) is 11.3 Å². The van der Waals surface area contributed by atoms with E-state index in [-0.39, 0.29) is 12.8 Å². The number of nitrogens with zero attached hydrogens (tertiary/aromatic N) is 7. The molecule has 0 spiro atoms. The monoisotopic (exact) mass is 352 g/mol. The zero-order chi connectivity index (χ0) is 18.1. The maximum absolute atomic E-state index is 15.4. The number of H-pyrrole nitrogens is 1. The van der Waals surface area contributed by atoms with Gasteiger partial charge in [-0.15, -0.1) is 10.2 Å². The number of pyridine rings is 1. The van der Waals surface area contributed by atoms with Crippen molar-refractivity contribution in [2.24, 2.45) is 7.05 Å². The van der Waals surface area contributed by atoms with Crippen LogP contribution in [0, 0.1) is 11.3 Å². The van der Waals surface area contributed by atoms with Gasteiger partial charge in [-0.05, 0) is 6.07 Å². The van der Waals surface area contributed by atoms with E-state index in [1.807, 2.05) is 4.90 Å². The van der Waals surface area contributed by atoms with Gasteiger partial charge in [0.25, 0.3) is 0 Å². The fourth-order valence-corrected chi connectivity index (χ4v) is 3.45. The largest absolute Gasteiger partial charge is 0.368 e. The van der Waals surface area contributed by atoms with Crippen molar-refractivity contribution in [2.75, 3.05) is 18.0 Å². The number of rotatable bonds is 3. The Balaban J connectivity index is 1.66. The molecule has 1 N–H and O–H groups in total. The van der Waals surface area contributed by atoms with E-state index >= 15 is 4.39 Å². The molecule has 1 aliphatic rings. The molecule has 132 valence electrons. The lowest BCUT2D eigenvalue weighted by molar-refractivity contribution is 0.109. The van der Waals surface area contributed by atoms with Gasteiger partial charge in [-0.2, -0.15) is 10.4 Å². The Morgan fingerprint density at radius 3 is 2.77 bits per heavy atom. The van der Waals surface area contributed by atoms with Crippen molar-refractivity contribution in [3.63, 3.8) is 0 Å². The summed E-state index contributed by atoms with van der Waals surface area (Å²) < 4.78 is 17.0. The molecular weight excluding hydrogens is 335 g/mol. The molecule has 0 radical (unpaired) electrons. The highest BCUT2D eigenvalue weighted by atomic mass is 19.1. The molecule has 0 unspecified atom stereocenters. The highest BCUT2D eigenvalue weighted by molar-refractivity contribution is 5.79. The van der Waals surface area contributed by atoms with E-state index < -0.39 is 5.67 Å². The summed E-state index contributed by atoms with van der Waals surface area (Å²) in [5, 5.41) is 24.0. The number of anilines is 1. The summed E-state index contributed by atoms with van der Waals surface area (Å²) in [6, 6.07) is 3.90. The smallest absolute Gasteiger partial charge is 0.173 e. The fourth-order valence-electron chi connectivity index (χ4n) is 3.45. The summed E-state index contributed by atoms with van der Waals surface area (Å²) in [7, 11) is 1.74. The number of alkyl halides is 1. The summed E-state index contributed by atoms with van der Waals surface area (Å²) in [4.78, 5) is 6.45. The number of nitriles is 1. The topological polar surface area (TPSA) is 99.3 Å². The summed E-state index contributed by atoms with van der Waals surface area (Å²) in [5.74, 6) is 0.346. The molecule has 26 heavy (non-hydrogen) atoms. The van der Waals surface area contributed by atoms with Gasteiger partial charge < -0.3 is 9.47 Å². The predicted molar refractivity (Wildman–Crippen MR) is 91.8 cm³/mol. The standard InChI is InChI=1S/C17H17FN8/c1-25-11-23-24-16(25)17(18)3-6-26(7-4-17)15-12(8-19)2-5-20-14(15)13-9-21-22-10-13/h2,5,9-11H,3-4,6-7H2,1H3,(H,21,22). The van der Waals surface area contributed by atoms with Crippen molar-refractivity contribution < 1.29 is 4.39 Å². The SMILES string of the molecule is Cn1cnnc1C1(F)CCN(c2c(C#N)ccnc2-c2cn[nH]c2)CC1. The van der Waals surface area contributed by atoms with E-state index in [2.05, 4.69) is 31.4 Å². The van der Waals surface area contributed by atoms with Gasteiger partial charge in [-0.1, -0.05) is 0 Å². The van der Waals surface area contributed by atoms with Crippen molar-refractivity contribution in [3.05, 3.63) is 42.4 Å². The van der Waals surface area contributed by atoms with Crippen LogP contribution in [-0.2, 0) is 12.7 Å². The molecule has 1 fully saturated rings. The summed E-state index contributed by atoms with van der Waals surface area (Å²) >= 11 is 0. The molecule has 1 saturated heterocycles. The molecule has 0 bridgehead atoms. The van der Waals surface area contributed by atoms with Crippen LogP contribution in [0.2, 0.25) is 0 Å². The van der Waals surface area contributed by atoms with E-state index in [1.165, 1.54) is 6.33 Å². The molecule has 8 nitrogen and oxygen atoms in total. The lowest BCUT2D eigenvalue weighted by atomic mass is 9.91. The molecular formula is C17H17FN8. The van der Waals surface area contributed by atoms with Crippen molar-refractivity contribution in [1.29, 1.82) is 5.26 Å².